The predicted octanol–water partition coefficient (Wildman–Crippen LogP) is 5.50. The maximum Gasteiger partial charge on any atom is 0.401 e. The topological polar surface area (TPSA) is 125 Å². The van der Waals surface area contributed by atoms with Gasteiger partial charge in [0.05, 0.1) is 52.5 Å². The fraction of sp³-hybridized carbons (Fsp3) is 0.188. The molecule has 0 aliphatic heterocycles. The number of aromatic carboxylic acids is 1. The first-order valence-electron chi connectivity index (χ1n) is 13.3. The van der Waals surface area contributed by atoms with Crippen LogP contribution in [0.5, 0.6) is 0 Å². The fourth-order valence-corrected chi connectivity index (χ4v) is 5.89. The van der Waals surface area contributed by atoms with Crippen molar-refractivity contribution in [2.75, 3.05) is 20.1 Å². The van der Waals surface area contributed by atoms with E-state index in [1.54, 1.807) is 31.2 Å². The molecule has 14 heteroatoms. The fourth-order valence-electron chi connectivity index (χ4n) is 4.69. The van der Waals surface area contributed by atoms with E-state index in [1.807, 2.05) is 6.07 Å². The molecular formula is C32H20ClF3N6O3S. The van der Waals surface area contributed by atoms with E-state index in [-0.39, 0.29) is 40.8 Å². The molecule has 4 aromatic heterocycles. The van der Waals surface area contributed by atoms with Gasteiger partial charge in [0.2, 0.25) is 0 Å². The molecule has 230 valence electrons. The van der Waals surface area contributed by atoms with Crippen molar-refractivity contribution in [1.29, 1.82) is 5.26 Å². The molecule has 0 saturated carbocycles. The van der Waals surface area contributed by atoms with E-state index in [9.17, 15) is 33.1 Å². The minimum atomic E-state index is -4.39. The number of pyridine rings is 2. The zero-order chi connectivity index (χ0) is 33.2. The highest BCUT2D eigenvalue weighted by Crippen LogP contribution is 2.36. The van der Waals surface area contributed by atoms with Gasteiger partial charge in [-0.05, 0) is 44.2 Å². The standard InChI is InChI=1S/C32H20ClF3N6O3S/c1-18-40-26-15-39-25(6-4-11-41(2)17-32(34,35)36)23(14-37)27(26)30(43)42(18)12-3-5-19-7-8-20(33)13-22(19)21-9-10-38-28-24(31(44)45)16-46-29(21)28/h7-10,13,15-16H,11-12,17H2,1-2H3,(H,44,45). The van der Waals surface area contributed by atoms with Crippen LogP contribution < -0.4 is 5.56 Å². The quantitative estimate of drug-likeness (QED) is 0.245. The first-order valence-corrected chi connectivity index (χ1v) is 14.6. The van der Waals surface area contributed by atoms with Gasteiger partial charge in [-0.2, -0.15) is 18.4 Å². The van der Waals surface area contributed by atoms with E-state index in [4.69, 9.17) is 11.6 Å². The summed E-state index contributed by atoms with van der Waals surface area (Å²) in [5, 5.41) is 21.4. The zero-order valence-corrected chi connectivity index (χ0v) is 25.6. The molecule has 0 aliphatic carbocycles. The van der Waals surface area contributed by atoms with Crippen molar-refractivity contribution >= 4 is 50.0 Å². The monoisotopic (exact) mass is 660 g/mol. The highest BCUT2D eigenvalue weighted by Gasteiger charge is 2.28. The van der Waals surface area contributed by atoms with E-state index in [0.29, 0.717) is 37.8 Å². The van der Waals surface area contributed by atoms with Crippen LogP contribution in [-0.2, 0) is 6.54 Å². The van der Waals surface area contributed by atoms with E-state index in [2.05, 4.69) is 38.6 Å². The van der Waals surface area contributed by atoms with Crippen molar-refractivity contribution in [3.05, 3.63) is 85.6 Å². The first kappa shape index (κ1) is 32.1. The van der Waals surface area contributed by atoms with Crippen LogP contribution >= 0.6 is 22.9 Å². The predicted molar refractivity (Wildman–Crippen MR) is 168 cm³/mol. The Balaban J connectivity index is 1.51. The summed E-state index contributed by atoms with van der Waals surface area (Å²) in [5.41, 5.74) is 1.76. The molecule has 1 N–H and O–H groups in total. The number of carbonyl (C=O) groups is 1. The summed E-state index contributed by atoms with van der Waals surface area (Å²) in [6.07, 6.45) is -1.58. The third kappa shape index (κ3) is 6.70. The Bertz CT molecular complexity index is 2270. The molecule has 0 aliphatic rings. The lowest BCUT2D eigenvalue weighted by molar-refractivity contribution is -0.141. The van der Waals surface area contributed by atoms with Crippen molar-refractivity contribution in [2.45, 2.75) is 19.6 Å². The average Bonchev–Trinajstić information content (AvgIpc) is 3.43. The van der Waals surface area contributed by atoms with Gasteiger partial charge in [0.1, 0.15) is 23.2 Å². The highest BCUT2D eigenvalue weighted by molar-refractivity contribution is 7.18. The van der Waals surface area contributed by atoms with E-state index < -0.39 is 24.2 Å². The number of halogens is 4. The lowest BCUT2D eigenvalue weighted by Crippen LogP contribution is -2.31. The second-order valence-electron chi connectivity index (χ2n) is 9.98. The maximum atomic E-state index is 13.6. The van der Waals surface area contributed by atoms with Crippen LogP contribution in [0.15, 0.2) is 46.8 Å². The van der Waals surface area contributed by atoms with Crippen molar-refractivity contribution in [2.24, 2.45) is 0 Å². The molecule has 0 bridgehead atoms. The number of aromatic nitrogens is 4. The Labute approximate surface area is 268 Å². The second kappa shape index (κ2) is 13.0. The number of thiophene rings is 1. The van der Waals surface area contributed by atoms with Crippen LogP contribution in [0.2, 0.25) is 5.02 Å². The number of carboxylic acids is 1. The highest BCUT2D eigenvalue weighted by atomic mass is 35.5. The molecule has 1 aromatic carbocycles. The minimum Gasteiger partial charge on any atom is -0.478 e. The van der Waals surface area contributed by atoms with Crippen LogP contribution in [-0.4, -0.2) is 61.8 Å². The number of nitriles is 1. The summed E-state index contributed by atoms with van der Waals surface area (Å²) in [5.74, 6) is 10.5. The summed E-state index contributed by atoms with van der Waals surface area (Å²) in [4.78, 5) is 39.0. The number of fused-ring (bicyclic) bond motifs is 2. The van der Waals surface area contributed by atoms with Gasteiger partial charge in [-0.25, -0.2) is 14.8 Å². The van der Waals surface area contributed by atoms with Crippen LogP contribution in [0.25, 0.3) is 32.2 Å². The smallest absolute Gasteiger partial charge is 0.401 e. The molecular weight excluding hydrogens is 641 g/mol. The SMILES string of the molecule is Cc1nc2cnc(C#CCN(C)CC(F)(F)F)c(C#N)c2c(=O)n1CC#Cc1ccc(Cl)cc1-c1ccnc2c(C(=O)O)csc12. The molecule has 0 amide bonds. The largest absolute Gasteiger partial charge is 0.478 e. The Morgan fingerprint density at radius 1 is 1.17 bits per heavy atom. The number of benzene rings is 1. The molecule has 46 heavy (non-hydrogen) atoms. The van der Waals surface area contributed by atoms with Crippen LogP contribution in [0.3, 0.4) is 0 Å². The van der Waals surface area contributed by atoms with Gasteiger partial charge in [0.25, 0.3) is 5.56 Å². The average molecular weight is 661 g/mol. The van der Waals surface area contributed by atoms with Crippen LogP contribution in [0.1, 0.15) is 33.0 Å². The summed E-state index contributed by atoms with van der Waals surface area (Å²) < 4.78 is 39.8. The summed E-state index contributed by atoms with van der Waals surface area (Å²) in [6.45, 7) is 0.120. The van der Waals surface area contributed by atoms with E-state index in [0.717, 1.165) is 4.90 Å². The molecule has 9 nitrogen and oxygen atoms in total. The van der Waals surface area contributed by atoms with Gasteiger partial charge in [-0.1, -0.05) is 29.4 Å². The number of hydrogen-bond acceptors (Lipinski definition) is 8. The Morgan fingerprint density at radius 3 is 2.67 bits per heavy atom. The number of aryl methyl sites for hydroxylation is 1. The summed E-state index contributed by atoms with van der Waals surface area (Å²) >= 11 is 7.56. The Hall–Kier alpha value is -5.26. The number of alkyl halides is 3. The second-order valence-corrected chi connectivity index (χ2v) is 11.3. The molecule has 0 unspecified atom stereocenters. The van der Waals surface area contributed by atoms with Crippen LogP contribution in [0, 0.1) is 41.9 Å². The summed E-state index contributed by atoms with van der Waals surface area (Å²) in [6, 6.07) is 8.77. The van der Waals surface area contributed by atoms with E-state index in [1.165, 1.54) is 40.7 Å². The van der Waals surface area contributed by atoms with Gasteiger partial charge in [-0.15, -0.1) is 11.3 Å². The van der Waals surface area contributed by atoms with Gasteiger partial charge in [0, 0.05) is 33.3 Å². The Kier molecular flexibility index (Phi) is 9.08. The molecule has 4 heterocycles. The van der Waals surface area contributed by atoms with Crippen molar-refractivity contribution < 1.29 is 23.1 Å². The molecule has 0 radical (unpaired) electrons. The lowest BCUT2D eigenvalue weighted by Gasteiger charge is -2.15. The van der Waals surface area contributed by atoms with Crippen molar-refractivity contribution in [1.82, 2.24) is 24.4 Å². The molecule has 5 rings (SSSR count). The van der Waals surface area contributed by atoms with Crippen molar-refractivity contribution in [3.8, 4) is 40.9 Å². The third-order valence-electron chi connectivity index (χ3n) is 6.72. The first-order chi connectivity index (χ1) is 21.9. The van der Waals surface area contributed by atoms with Crippen molar-refractivity contribution in [3.63, 3.8) is 0 Å². The Morgan fingerprint density at radius 2 is 1.96 bits per heavy atom. The molecule has 0 fully saturated rings. The molecule has 0 spiro atoms. The van der Waals surface area contributed by atoms with Gasteiger partial charge in [-0.3, -0.25) is 19.2 Å². The number of rotatable bonds is 5. The van der Waals surface area contributed by atoms with Gasteiger partial charge >= 0.3 is 12.1 Å². The van der Waals surface area contributed by atoms with Gasteiger partial charge < -0.3 is 5.11 Å². The third-order valence-corrected chi connectivity index (χ3v) is 7.96. The summed E-state index contributed by atoms with van der Waals surface area (Å²) in [7, 11) is 1.26. The van der Waals surface area contributed by atoms with Gasteiger partial charge in [0.15, 0.2) is 0 Å². The number of nitrogens with zero attached hydrogens (tertiary/aromatic N) is 6. The molecule has 0 saturated heterocycles. The van der Waals surface area contributed by atoms with E-state index >= 15 is 0 Å². The number of hydrogen-bond donors (Lipinski definition) is 1. The maximum absolute atomic E-state index is 13.6. The molecule has 0 atom stereocenters. The lowest BCUT2D eigenvalue weighted by atomic mass is 10.00. The molecule has 5 aromatic rings. The zero-order valence-electron chi connectivity index (χ0n) is 24.0. The minimum absolute atomic E-state index is 0.0314. The normalized spacial score (nSPS) is 11.2. The number of carboxylic acid groups (broad SMARTS) is 1. The van der Waals surface area contributed by atoms with Crippen LogP contribution in [0.4, 0.5) is 13.2 Å².